The van der Waals surface area contributed by atoms with Gasteiger partial charge in [0.15, 0.2) is 0 Å². The Hall–Kier alpha value is -0.870. The molecule has 1 N–H and O–H groups in total. The minimum atomic E-state index is 0.535. The van der Waals surface area contributed by atoms with Gasteiger partial charge in [-0.1, -0.05) is 11.6 Å². The van der Waals surface area contributed by atoms with Crippen molar-refractivity contribution in [2.24, 2.45) is 5.92 Å². The lowest BCUT2D eigenvalue weighted by Gasteiger charge is -2.22. The molecule has 1 aromatic heterocycles. The third-order valence-electron chi connectivity index (χ3n) is 3.57. The van der Waals surface area contributed by atoms with Gasteiger partial charge < -0.3 is 10.1 Å². The average Bonchev–Trinajstić information content (AvgIpc) is 3.21. The lowest BCUT2D eigenvalue weighted by Crippen LogP contribution is -2.23. The second-order valence-corrected chi connectivity index (χ2v) is 5.53. The first kappa shape index (κ1) is 12.2. The van der Waals surface area contributed by atoms with Crippen LogP contribution in [-0.2, 0) is 4.74 Å². The quantitative estimate of drug-likeness (QED) is 0.852. The largest absolute Gasteiger partial charge is 0.381 e. The molecular formula is C13H18ClN3O. The summed E-state index contributed by atoms with van der Waals surface area (Å²) in [5.74, 6) is 2.98. The van der Waals surface area contributed by atoms with Crippen molar-refractivity contribution in [3.8, 4) is 0 Å². The standard InChI is InChI=1S/C13H18ClN3O/c14-11-7-12(17-13(16-11)10-1-2-10)15-8-9-3-5-18-6-4-9/h7,9-10H,1-6,8H2,(H,15,16,17). The summed E-state index contributed by atoms with van der Waals surface area (Å²) in [6, 6.07) is 1.81. The van der Waals surface area contributed by atoms with Crippen LogP contribution in [0.2, 0.25) is 5.15 Å². The Kier molecular flexibility index (Phi) is 3.66. The van der Waals surface area contributed by atoms with Crippen LogP contribution in [0, 0.1) is 5.92 Å². The zero-order valence-corrected chi connectivity index (χ0v) is 11.1. The fourth-order valence-corrected chi connectivity index (χ4v) is 2.44. The molecule has 1 saturated carbocycles. The van der Waals surface area contributed by atoms with Gasteiger partial charge in [0.25, 0.3) is 0 Å². The van der Waals surface area contributed by atoms with E-state index < -0.39 is 0 Å². The predicted octanol–water partition coefficient (Wildman–Crippen LogP) is 2.85. The van der Waals surface area contributed by atoms with Crippen LogP contribution < -0.4 is 5.32 Å². The molecule has 5 heteroatoms. The van der Waals surface area contributed by atoms with E-state index in [4.69, 9.17) is 16.3 Å². The van der Waals surface area contributed by atoms with Gasteiger partial charge in [0.05, 0.1) is 0 Å². The summed E-state index contributed by atoms with van der Waals surface area (Å²) < 4.78 is 5.36. The third-order valence-corrected chi connectivity index (χ3v) is 3.76. The van der Waals surface area contributed by atoms with Gasteiger partial charge in [-0.15, -0.1) is 0 Å². The van der Waals surface area contributed by atoms with Crippen molar-refractivity contribution in [1.29, 1.82) is 0 Å². The van der Waals surface area contributed by atoms with E-state index in [0.717, 1.165) is 44.2 Å². The van der Waals surface area contributed by atoms with E-state index in [2.05, 4.69) is 15.3 Å². The van der Waals surface area contributed by atoms with Crippen molar-refractivity contribution in [2.75, 3.05) is 25.1 Å². The van der Waals surface area contributed by atoms with Crippen LogP contribution in [0.3, 0.4) is 0 Å². The molecule has 2 heterocycles. The monoisotopic (exact) mass is 267 g/mol. The summed E-state index contributed by atoms with van der Waals surface area (Å²) in [6.45, 7) is 2.70. The van der Waals surface area contributed by atoms with E-state index in [1.54, 1.807) is 0 Å². The van der Waals surface area contributed by atoms with Crippen molar-refractivity contribution >= 4 is 17.4 Å². The number of anilines is 1. The molecule has 0 bridgehead atoms. The number of aromatic nitrogens is 2. The predicted molar refractivity (Wildman–Crippen MR) is 71.0 cm³/mol. The van der Waals surface area contributed by atoms with Crippen LogP contribution in [0.4, 0.5) is 5.82 Å². The van der Waals surface area contributed by atoms with Crippen LogP contribution >= 0.6 is 11.6 Å². The molecule has 4 nitrogen and oxygen atoms in total. The lowest BCUT2D eigenvalue weighted by atomic mass is 10.0. The number of hydrogen-bond acceptors (Lipinski definition) is 4. The summed E-state index contributed by atoms with van der Waals surface area (Å²) in [5.41, 5.74) is 0. The van der Waals surface area contributed by atoms with Crippen molar-refractivity contribution in [3.05, 3.63) is 17.0 Å². The first-order chi connectivity index (χ1) is 8.81. The smallest absolute Gasteiger partial charge is 0.135 e. The van der Waals surface area contributed by atoms with Gasteiger partial charge in [-0.3, -0.25) is 0 Å². The zero-order valence-electron chi connectivity index (χ0n) is 10.4. The van der Waals surface area contributed by atoms with Crippen molar-refractivity contribution in [3.63, 3.8) is 0 Å². The van der Waals surface area contributed by atoms with Gasteiger partial charge >= 0.3 is 0 Å². The van der Waals surface area contributed by atoms with E-state index in [0.29, 0.717) is 17.0 Å². The van der Waals surface area contributed by atoms with Gasteiger partial charge in [-0.05, 0) is 31.6 Å². The minimum absolute atomic E-state index is 0.535. The Morgan fingerprint density at radius 1 is 1.22 bits per heavy atom. The van der Waals surface area contributed by atoms with Crippen LogP contribution in [0.1, 0.15) is 37.4 Å². The molecule has 0 radical (unpaired) electrons. The highest BCUT2D eigenvalue weighted by atomic mass is 35.5. The Bertz CT molecular complexity index is 417. The summed E-state index contributed by atoms with van der Waals surface area (Å²) in [6.07, 6.45) is 4.64. The number of ether oxygens (including phenoxy) is 1. The highest BCUT2D eigenvalue weighted by Gasteiger charge is 2.27. The van der Waals surface area contributed by atoms with E-state index >= 15 is 0 Å². The minimum Gasteiger partial charge on any atom is -0.381 e. The molecule has 0 amide bonds. The Labute approximate surface area is 112 Å². The molecule has 0 atom stereocenters. The summed E-state index contributed by atoms with van der Waals surface area (Å²) in [5, 5.41) is 3.93. The van der Waals surface area contributed by atoms with Gasteiger partial charge in [-0.2, -0.15) is 0 Å². The first-order valence-corrected chi connectivity index (χ1v) is 7.05. The molecule has 1 saturated heterocycles. The molecule has 1 aromatic rings. The maximum atomic E-state index is 6.03. The number of halogens is 1. The molecule has 0 spiro atoms. The van der Waals surface area contributed by atoms with Crippen LogP contribution in [0.5, 0.6) is 0 Å². The first-order valence-electron chi connectivity index (χ1n) is 6.67. The molecule has 98 valence electrons. The Balaban J connectivity index is 1.60. The second kappa shape index (κ2) is 5.41. The topological polar surface area (TPSA) is 47.0 Å². The van der Waals surface area contributed by atoms with Crippen molar-refractivity contribution < 1.29 is 4.74 Å². The third kappa shape index (κ3) is 3.12. The molecule has 1 aliphatic carbocycles. The second-order valence-electron chi connectivity index (χ2n) is 5.15. The van der Waals surface area contributed by atoms with Crippen LogP contribution in [-0.4, -0.2) is 29.7 Å². The molecule has 1 aliphatic heterocycles. The fraction of sp³-hybridized carbons (Fsp3) is 0.692. The molecule has 0 unspecified atom stereocenters. The van der Waals surface area contributed by atoms with Crippen molar-refractivity contribution in [1.82, 2.24) is 9.97 Å². The molecule has 0 aromatic carbocycles. The maximum absolute atomic E-state index is 6.03. The maximum Gasteiger partial charge on any atom is 0.135 e. The van der Waals surface area contributed by atoms with Crippen LogP contribution in [0.25, 0.3) is 0 Å². The van der Waals surface area contributed by atoms with Crippen molar-refractivity contribution in [2.45, 2.75) is 31.6 Å². The number of nitrogens with one attached hydrogen (secondary N) is 1. The van der Waals surface area contributed by atoms with Gasteiger partial charge in [-0.25, -0.2) is 9.97 Å². The lowest BCUT2D eigenvalue weighted by molar-refractivity contribution is 0.0699. The normalized spacial score (nSPS) is 20.9. The van der Waals surface area contributed by atoms with E-state index in [1.807, 2.05) is 6.07 Å². The summed E-state index contributed by atoms with van der Waals surface area (Å²) in [7, 11) is 0. The summed E-state index contributed by atoms with van der Waals surface area (Å²) in [4.78, 5) is 8.83. The molecular weight excluding hydrogens is 250 g/mol. The van der Waals surface area contributed by atoms with E-state index in [9.17, 15) is 0 Å². The molecule has 2 aliphatic rings. The van der Waals surface area contributed by atoms with Gasteiger partial charge in [0.1, 0.15) is 16.8 Å². The SMILES string of the molecule is Clc1cc(NCC2CCOCC2)nc(C2CC2)n1. The van der Waals surface area contributed by atoms with E-state index in [1.165, 1.54) is 12.8 Å². The zero-order chi connectivity index (χ0) is 12.4. The number of rotatable bonds is 4. The molecule has 2 fully saturated rings. The molecule has 18 heavy (non-hydrogen) atoms. The Morgan fingerprint density at radius 3 is 2.72 bits per heavy atom. The fourth-order valence-electron chi connectivity index (χ4n) is 2.25. The number of nitrogens with zero attached hydrogens (tertiary/aromatic N) is 2. The van der Waals surface area contributed by atoms with E-state index in [-0.39, 0.29) is 0 Å². The average molecular weight is 268 g/mol. The van der Waals surface area contributed by atoms with Gasteiger partial charge in [0.2, 0.25) is 0 Å². The van der Waals surface area contributed by atoms with Crippen LogP contribution in [0.15, 0.2) is 6.07 Å². The molecule has 3 rings (SSSR count). The van der Waals surface area contributed by atoms with Gasteiger partial charge in [0, 0.05) is 31.7 Å². The number of hydrogen-bond donors (Lipinski definition) is 1. The highest BCUT2D eigenvalue weighted by Crippen LogP contribution is 2.38. The summed E-state index contributed by atoms with van der Waals surface area (Å²) >= 11 is 6.03. The Morgan fingerprint density at radius 2 is 2.00 bits per heavy atom. The highest BCUT2D eigenvalue weighted by molar-refractivity contribution is 6.29.